The average molecular weight is 518 g/mol. The quantitative estimate of drug-likeness (QED) is 0.278. The van der Waals surface area contributed by atoms with Crippen molar-refractivity contribution in [2.45, 2.75) is 38.5 Å². The maximum atomic E-state index is 6.28. The lowest BCUT2D eigenvalue weighted by Gasteiger charge is -2.21. The van der Waals surface area contributed by atoms with Gasteiger partial charge in [0.05, 0.1) is 0 Å². The highest BCUT2D eigenvalue weighted by atomic mass is 31.2. The molecular weight excluding hydrogens is 481 g/mol. The first-order chi connectivity index (χ1) is 18.3. The van der Waals surface area contributed by atoms with Gasteiger partial charge in [-0.3, -0.25) is 0 Å². The molecule has 0 N–H and O–H groups in total. The van der Waals surface area contributed by atoms with E-state index in [2.05, 4.69) is 51.1 Å². The molecule has 6 rings (SSSR count). The first-order valence-electron chi connectivity index (χ1n) is 13.7. The Bertz CT molecular complexity index is 976. The van der Waals surface area contributed by atoms with E-state index in [-0.39, 0.29) is 0 Å². The molecule has 0 amide bonds. The second kappa shape index (κ2) is 11.5. The van der Waals surface area contributed by atoms with Gasteiger partial charge in [-0.25, -0.2) is 0 Å². The van der Waals surface area contributed by atoms with Gasteiger partial charge in [-0.1, -0.05) is 0 Å². The number of benzene rings is 3. The van der Waals surface area contributed by atoms with Crippen molar-refractivity contribution in [3.63, 3.8) is 0 Å². The molecule has 0 aromatic heterocycles. The summed E-state index contributed by atoms with van der Waals surface area (Å²) in [5.74, 6) is 2.24. The lowest BCUT2D eigenvalue weighted by molar-refractivity contribution is 0.388. The minimum atomic E-state index is -1.69. The average Bonchev–Trinajstić information content (AvgIpc) is 3.74. The van der Waals surface area contributed by atoms with Gasteiger partial charge < -0.3 is 28.3 Å². The summed E-state index contributed by atoms with van der Waals surface area (Å²) in [6.45, 7) is 6.75. The van der Waals surface area contributed by atoms with Crippen LogP contribution in [-0.4, -0.2) is 39.3 Å². The molecule has 0 aliphatic carbocycles. The molecule has 3 aromatic carbocycles. The molecule has 3 saturated heterocycles. The van der Waals surface area contributed by atoms with Crippen LogP contribution in [0, 0.1) is 0 Å². The summed E-state index contributed by atoms with van der Waals surface area (Å²) >= 11 is 0. The number of nitrogens with zero attached hydrogens (tertiary/aromatic N) is 3. The molecule has 3 aliphatic rings. The molecule has 194 valence electrons. The van der Waals surface area contributed by atoms with Crippen LogP contribution in [-0.2, 0) is 0 Å². The number of hydrogen-bond donors (Lipinski definition) is 0. The Kier molecular flexibility index (Phi) is 7.55. The Morgan fingerprint density at radius 3 is 0.865 bits per heavy atom. The maximum absolute atomic E-state index is 6.28. The molecule has 7 heteroatoms. The molecule has 0 spiro atoms. The van der Waals surface area contributed by atoms with Crippen LogP contribution >= 0.6 is 8.60 Å². The van der Waals surface area contributed by atoms with Crippen molar-refractivity contribution in [3.05, 3.63) is 72.8 Å². The van der Waals surface area contributed by atoms with Crippen LogP contribution in [0.25, 0.3) is 0 Å². The van der Waals surface area contributed by atoms with Gasteiger partial charge in [0.25, 0.3) is 0 Å². The van der Waals surface area contributed by atoms with E-state index >= 15 is 0 Å². The van der Waals surface area contributed by atoms with Crippen molar-refractivity contribution in [1.82, 2.24) is 0 Å². The van der Waals surface area contributed by atoms with Crippen LogP contribution in [0.1, 0.15) is 38.5 Å². The van der Waals surface area contributed by atoms with Crippen molar-refractivity contribution in [1.29, 1.82) is 0 Å². The zero-order valence-electron chi connectivity index (χ0n) is 21.4. The van der Waals surface area contributed by atoms with Crippen LogP contribution < -0.4 is 28.3 Å². The van der Waals surface area contributed by atoms with E-state index in [9.17, 15) is 0 Å². The molecule has 0 atom stereocenters. The predicted molar refractivity (Wildman–Crippen MR) is 152 cm³/mol. The second-order valence-electron chi connectivity index (χ2n) is 10.1. The summed E-state index contributed by atoms with van der Waals surface area (Å²) in [6, 6.07) is 24.9. The van der Waals surface area contributed by atoms with Gasteiger partial charge in [-0.05, 0) is 111 Å². The van der Waals surface area contributed by atoms with E-state index < -0.39 is 8.60 Å². The SMILES string of the molecule is c1cc(N2CCCC2)ccc1OP(Oc1ccc(N2CCCC2)cc1)Oc1ccc(N2CCCC2)cc1. The zero-order valence-corrected chi connectivity index (χ0v) is 22.3. The third-order valence-electron chi connectivity index (χ3n) is 7.46. The fourth-order valence-corrected chi connectivity index (χ4v) is 6.39. The number of anilines is 3. The Morgan fingerprint density at radius 2 is 0.622 bits per heavy atom. The summed E-state index contributed by atoms with van der Waals surface area (Å²) in [6.07, 6.45) is 7.57. The van der Waals surface area contributed by atoms with E-state index in [1.807, 2.05) is 36.4 Å². The monoisotopic (exact) mass is 517 g/mol. The Labute approximate surface area is 221 Å². The highest BCUT2D eigenvalue weighted by Crippen LogP contribution is 2.43. The Morgan fingerprint density at radius 1 is 0.378 bits per heavy atom. The summed E-state index contributed by atoms with van der Waals surface area (Å²) in [7, 11) is -1.69. The van der Waals surface area contributed by atoms with Crippen molar-refractivity contribution in [2.75, 3.05) is 54.0 Å². The lowest BCUT2D eigenvalue weighted by atomic mass is 10.3. The van der Waals surface area contributed by atoms with Gasteiger partial charge in [0, 0.05) is 56.3 Å². The predicted octanol–water partition coefficient (Wildman–Crippen LogP) is 7.25. The minimum Gasteiger partial charge on any atom is -0.409 e. The van der Waals surface area contributed by atoms with E-state index in [0.29, 0.717) is 0 Å². The minimum absolute atomic E-state index is 0.747. The molecule has 6 nitrogen and oxygen atoms in total. The van der Waals surface area contributed by atoms with Crippen LogP contribution in [0.3, 0.4) is 0 Å². The Hall–Kier alpha value is -3.11. The number of rotatable bonds is 9. The molecule has 37 heavy (non-hydrogen) atoms. The van der Waals surface area contributed by atoms with Crippen molar-refractivity contribution in [3.8, 4) is 17.2 Å². The molecule has 0 radical (unpaired) electrons. The fourth-order valence-electron chi connectivity index (χ4n) is 5.39. The third-order valence-corrected chi connectivity index (χ3v) is 8.54. The largest absolute Gasteiger partial charge is 0.530 e. The molecule has 3 aliphatic heterocycles. The van der Waals surface area contributed by atoms with Crippen molar-refractivity contribution >= 4 is 25.7 Å². The van der Waals surface area contributed by atoms with Crippen LogP contribution in [0.15, 0.2) is 72.8 Å². The van der Waals surface area contributed by atoms with Crippen LogP contribution in [0.2, 0.25) is 0 Å². The van der Waals surface area contributed by atoms with Gasteiger partial charge >= 0.3 is 8.60 Å². The topological polar surface area (TPSA) is 37.4 Å². The van der Waals surface area contributed by atoms with Gasteiger partial charge in [-0.2, -0.15) is 0 Å². The Balaban J connectivity index is 1.16. The molecule has 0 unspecified atom stereocenters. The summed E-state index contributed by atoms with van der Waals surface area (Å²) in [4.78, 5) is 7.26. The molecule has 3 fully saturated rings. The smallest absolute Gasteiger partial charge is 0.409 e. The van der Waals surface area contributed by atoms with Crippen molar-refractivity contribution in [2.24, 2.45) is 0 Å². The fraction of sp³-hybridized carbons (Fsp3) is 0.400. The van der Waals surface area contributed by atoms with Crippen LogP contribution in [0.5, 0.6) is 17.2 Å². The van der Waals surface area contributed by atoms with Gasteiger partial charge in [0.2, 0.25) is 0 Å². The summed E-state index contributed by atoms with van der Waals surface area (Å²) < 4.78 is 18.8. The van der Waals surface area contributed by atoms with Gasteiger partial charge in [-0.15, -0.1) is 0 Å². The standard InChI is InChI=1S/C30H36N3O3P/c1-2-20-31(19-1)25-7-13-28(14-8-25)34-37(35-29-15-9-26(10-16-29)32-21-3-4-22-32)36-30-17-11-27(12-18-30)33-23-5-6-24-33/h7-18H,1-6,19-24H2. The normalized spacial score (nSPS) is 17.6. The third kappa shape index (κ3) is 6.07. The van der Waals surface area contributed by atoms with E-state index in [1.165, 1.54) is 55.6 Å². The van der Waals surface area contributed by atoms with E-state index in [0.717, 1.165) is 56.5 Å². The zero-order chi connectivity index (χ0) is 24.9. The first-order valence-corrected chi connectivity index (χ1v) is 14.8. The van der Waals surface area contributed by atoms with Crippen LogP contribution in [0.4, 0.5) is 17.1 Å². The molecule has 3 aromatic rings. The maximum Gasteiger partial charge on any atom is 0.530 e. The highest BCUT2D eigenvalue weighted by Gasteiger charge is 2.22. The summed E-state index contributed by atoms with van der Waals surface area (Å²) in [5, 5.41) is 0. The van der Waals surface area contributed by atoms with E-state index in [4.69, 9.17) is 13.6 Å². The molecule has 0 bridgehead atoms. The van der Waals surface area contributed by atoms with Gasteiger partial charge in [0.15, 0.2) is 0 Å². The second-order valence-corrected chi connectivity index (χ2v) is 11.1. The van der Waals surface area contributed by atoms with Gasteiger partial charge in [0.1, 0.15) is 17.2 Å². The summed E-state index contributed by atoms with van der Waals surface area (Å²) in [5.41, 5.74) is 3.73. The highest BCUT2D eigenvalue weighted by molar-refractivity contribution is 7.43. The van der Waals surface area contributed by atoms with Crippen molar-refractivity contribution < 1.29 is 13.6 Å². The van der Waals surface area contributed by atoms with E-state index in [1.54, 1.807) is 0 Å². The molecule has 3 heterocycles. The first kappa shape index (κ1) is 24.2. The molecule has 0 saturated carbocycles. The lowest BCUT2D eigenvalue weighted by Crippen LogP contribution is -2.17. The number of hydrogen-bond acceptors (Lipinski definition) is 6. The molecular formula is C30H36N3O3P.